The third-order valence-corrected chi connectivity index (χ3v) is 5.06. The van der Waals surface area contributed by atoms with Crippen molar-refractivity contribution in [3.05, 3.63) is 27.8 Å². The van der Waals surface area contributed by atoms with Crippen molar-refractivity contribution in [1.82, 2.24) is 14.9 Å². The van der Waals surface area contributed by atoms with E-state index in [2.05, 4.69) is 42.1 Å². The Morgan fingerprint density at radius 2 is 2.12 bits per heavy atom. The van der Waals surface area contributed by atoms with E-state index in [0.717, 1.165) is 35.1 Å². The molecule has 0 aliphatic rings. The van der Waals surface area contributed by atoms with Gasteiger partial charge in [-0.05, 0) is 40.2 Å². The monoisotopic (exact) mass is 363 g/mol. The van der Waals surface area contributed by atoms with Crippen LogP contribution in [0.5, 0.6) is 0 Å². The summed E-state index contributed by atoms with van der Waals surface area (Å²) in [6.07, 6.45) is 1.13. The molecule has 0 radical (unpaired) electrons. The van der Waals surface area contributed by atoms with Gasteiger partial charge in [0.15, 0.2) is 6.54 Å². The van der Waals surface area contributed by atoms with Gasteiger partial charge in [0.1, 0.15) is 11.6 Å². The quantitative estimate of drug-likeness (QED) is 0.755. The molecule has 2 rings (SSSR count). The van der Waals surface area contributed by atoms with Crippen LogP contribution in [-0.4, -0.2) is 35.1 Å². The Kier molecular flexibility index (Phi) is 6.79. The van der Waals surface area contributed by atoms with Gasteiger partial charge in [0.2, 0.25) is 0 Å². The predicted octanol–water partition coefficient (Wildman–Crippen LogP) is 2.18. The van der Waals surface area contributed by atoms with Crippen molar-refractivity contribution in [1.29, 1.82) is 0 Å². The van der Waals surface area contributed by atoms with E-state index in [1.807, 2.05) is 20.9 Å². The van der Waals surface area contributed by atoms with Gasteiger partial charge in [-0.3, -0.25) is 4.79 Å². The lowest BCUT2D eigenvalue weighted by Crippen LogP contribution is -3.09. The topological polar surface area (TPSA) is 51.4 Å². The van der Waals surface area contributed by atoms with Gasteiger partial charge in [0.25, 0.3) is 5.91 Å². The largest absolute Gasteiger partial charge is 0.349 e. The number of nitrogens with zero attached hydrogens (tertiary/aromatic N) is 2. The highest BCUT2D eigenvalue weighted by Gasteiger charge is 2.16. The molecule has 1 amide bonds. The summed E-state index contributed by atoms with van der Waals surface area (Å²) < 4.78 is 2.36. The van der Waals surface area contributed by atoms with Crippen LogP contribution < -0.4 is 10.2 Å². The van der Waals surface area contributed by atoms with Crippen LogP contribution in [0.25, 0.3) is 11.3 Å². The Morgan fingerprint density at radius 1 is 1.40 bits per heavy atom. The molecule has 2 N–H and O–H groups in total. The molecule has 6 heteroatoms. The third kappa shape index (κ3) is 5.16. The molecule has 138 valence electrons. The number of likely N-dealkylation sites (N-methyl/N-ethyl adjacent to an activating group) is 1. The highest BCUT2D eigenvalue weighted by atomic mass is 32.1. The van der Waals surface area contributed by atoms with Crippen LogP contribution in [0, 0.1) is 13.8 Å². The van der Waals surface area contributed by atoms with Gasteiger partial charge >= 0.3 is 0 Å². The minimum atomic E-state index is 0.0902. The van der Waals surface area contributed by atoms with Gasteiger partial charge in [-0.15, -0.1) is 11.3 Å². The highest BCUT2D eigenvalue weighted by molar-refractivity contribution is 7.09. The number of nitrogens with one attached hydrogen (secondary N) is 2. The van der Waals surface area contributed by atoms with E-state index in [1.165, 1.54) is 17.0 Å². The molecule has 1 atom stereocenters. The Labute approximate surface area is 155 Å². The zero-order valence-corrected chi connectivity index (χ0v) is 17.1. The second-order valence-electron chi connectivity index (χ2n) is 7.10. The first kappa shape index (κ1) is 19.7. The highest BCUT2D eigenvalue weighted by Crippen LogP contribution is 2.28. The van der Waals surface area contributed by atoms with Gasteiger partial charge in [0.05, 0.1) is 12.7 Å². The van der Waals surface area contributed by atoms with Crippen LogP contribution in [0.2, 0.25) is 0 Å². The Bertz CT molecular complexity index is 717. The van der Waals surface area contributed by atoms with Crippen LogP contribution in [0.4, 0.5) is 0 Å². The maximum atomic E-state index is 11.9. The van der Waals surface area contributed by atoms with Gasteiger partial charge in [-0.1, -0.05) is 6.92 Å². The molecule has 0 aliphatic carbocycles. The average Bonchev–Trinajstić information content (AvgIpc) is 3.06. The first-order valence-electron chi connectivity index (χ1n) is 9.04. The predicted molar refractivity (Wildman–Crippen MR) is 104 cm³/mol. The summed E-state index contributed by atoms with van der Waals surface area (Å²) in [6, 6.07) is 2.42. The number of aromatic nitrogens is 2. The summed E-state index contributed by atoms with van der Waals surface area (Å²) in [5.41, 5.74) is 4.85. The summed E-state index contributed by atoms with van der Waals surface area (Å²) >= 11 is 1.68. The van der Waals surface area contributed by atoms with Gasteiger partial charge in [-0.25, -0.2) is 4.98 Å². The van der Waals surface area contributed by atoms with Crippen molar-refractivity contribution in [3.8, 4) is 11.3 Å². The summed E-state index contributed by atoms with van der Waals surface area (Å²) in [7, 11) is 2.04. The zero-order valence-electron chi connectivity index (χ0n) is 16.3. The molecular weight excluding hydrogens is 332 g/mol. The summed E-state index contributed by atoms with van der Waals surface area (Å²) in [6.45, 7) is 12.8. The lowest BCUT2D eigenvalue weighted by Gasteiger charge is -2.13. The Morgan fingerprint density at radius 3 is 2.76 bits per heavy atom. The Hall–Kier alpha value is -1.66. The fourth-order valence-corrected chi connectivity index (χ4v) is 4.02. The van der Waals surface area contributed by atoms with Crippen molar-refractivity contribution in [2.45, 2.75) is 60.2 Å². The number of aryl methyl sites for hydroxylation is 1. The van der Waals surface area contributed by atoms with E-state index in [-0.39, 0.29) is 11.9 Å². The molecule has 1 unspecified atom stereocenters. The van der Waals surface area contributed by atoms with Crippen molar-refractivity contribution in [2.75, 3.05) is 13.6 Å². The van der Waals surface area contributed by atoms with Crippen molar-refractivity contribution < 1.29 is 9.69 Å². The molecule has 0 aliphatic heterocycles. The fraction of sp³-hybridized carbons (Fsp3) is 0.579. The lowest BCUT2D eigenvalue weighted by molar-refractivity contribution is -0.885. The van der Waals surface area contributed by atoms with Crippen molar-refractivity contribution >= 4 is 17.2 Å². The van der Waals surface area contributed by atoms with E-state index < -0.39 is 0 Å². The maximum absolute atomic E-state index is 11.9. The van der Waals surface area contributed by atoms with E-state index >= 15 is 0 Å². The number of hydrogen-bond donors (Lipinski definition) is 2. The molecule has 2 heterocycles. The van der Waals surface area contributed by atoms with E-state index in [1.54, 1.807) is 11.3 Å². The van der Waals surface area contributed by atoms with E-state index in [4.69, 9.17) is 4.98 Å². The van der Waals surface area contributed by atoms with E-state index in [0.29, 0.717) is 6.54 Å². The molecule has 2 aromatic rings. The first-order valence-corrected chi connectivity index (χ1v) is 9.91. The average molecular weight is 364 g/mol. The molecule has 0 bridgehead atoms. The van der Waals surface area contributed by atoms with Crippen molar-refractivity contribution in [2.24, 2.45) is 0 Å². The number of quaternary nitrogens is 1. The number of amides is 1. The smallest absolute Gasteiger partial charge is 0.275 e. The maximum Gasteiger partial charge on any atom is 0.275 e. The van der Waals surface area contributed by atoms with E-state index in [9.17, 15) is 4.79 Å². The molecule has 5 nitrogen and oxygen atoms in total. The molecule has 0 spiro atoms. The second kappa shape index (κ2) is 8.63. The van der Waals surface area contributed by atoms with Crippen LogP contribution in [0.3, 0.4) is 0 Å². The minimum absolute atomic E-state index is 0.0902. The van der Waals surface area contributed by atoms with Crippen LogP contribution in [0.1, 0.15) is 43.6 Å². The summed E-state index contributed by atoms with van der Waals surface area (Å²) in [5.74, 6) is 0.0902. The number of thiazole rings is 1. The number of hydrogen-bond acceptors (Lipinski definition) is 3. The number of carbonyl (C=O) groups is 1. The standard InChI is InChI=1S/C19H30N4OS/c1-7-8-23-14(4)9-16(15(23)5)17-12-25-19(21-17)11-22(6)10-18(24)20-13(2)3/h9,12-13H,7-8,10-11H2,1-6H3,(H,20,24)/p+1. The molecule has 0 aromatic carbocycles. The molecule has 2 aromatic heterocycles. The molecule has 25 heavy (non-hydrogen) atoms. The second-order valence-corrected chi connectivity index (χ2v) is 8.04. The first-order chi connectivity index (χ1) is 11.8. The molecular formula is C19H31N4OS+. The lowest BCUT2D eigenvalue weighted by atomic mass is 10.2. The number of rotatable bonds is 8. The summed E-state index contributed by atoms with van der Waals surface area (Å²) in [4.78, 5) is 17.8. The summed E-state index contributed by atoms with van der Waals surface area (Å²) in [5, 5.41) is 6.15. The Balaban J connectivity index is 2.05. The SMILES string of the molecule is CCCn1c(C)cc(-c2csc(C[NH+](C)CC(=O)NC(C)C)n2)c1C. The zero-order chi connectivity index (χ0) is 18.6. The van der Waals surface area contributed by atoms with Gasteiger partial charge in [-0.2, -0.15) is 0 Å². The minimum Gasteiger partial charge on any atom is -0.349 e. The molecule has 0 saturated carbocycles. The van der Waals surface area contributed by atoms with Crippen molar-refractivity contribution in [3.63, 3.8) is 0 Å². The van der Waals surface area contributed by atoms with Gasteiger partial charge in [0, 0.05) is 34.9 Å². The normalized spacial score (nSPS) is 12.6. The van der Waals surface area contributed by atoms with Gasteiger partial charge < -0.3 is 14.8 Å². The van der Waals surface area contributed by atoms with Crippen LogP contribution in [-0.2, 0) is 17.9 Å². The number of carbonyl (C=O) groups excluding carboxylic acids is 1. The van der Waals surface area contributed by atoms with Crippen LogP contribution in [0.15, 0.2) is 11.4 Å². The van der Waals surface area contributed by atoms with Crippen LogP contribution >= 0.6 is 11.3 Å². The molecule has 0 fully saturated rings. The fourth-order valence-electron chi connectivity index (χ4n) is 3.11. The molecule has 0 saturated heterocycles. The third-order valence-electron chi connectivity index (χ3n) is 4.21.